The summed E-state index contributed by atoms with van der Waals surface area (Å²) in [5.41, 5.74) is 1.36. The molecular formula is C12H9N5O2. The van der Waals surface area contributed by atoms with Gasteiger partial charge in [0.2, 0.25) is 0 Å². The summed E-state index contributed by atoms with van der Waals surface area (Å²) in [5.74, 6) is -0.0444. The first-order chi connectivity index (χ1) is 9.16. The third-order valence-corrected chi connectivity index (χ3v) is 2.74. The van der Waals surface area contributed by atoms with E-state index < -0.39 is 0 Å². The van der Waals surface area contributed by atoms with Crippen LogP contribution in [0.25, 0.3) is 16.9 Å². The maximum atomic E-state index is 11.5. The van der Waals surface area contributed by atoms with Crippen molar-refractivity contribution in [2.24, 2.45) is 0 Å². The largest absolute Gasteiger partial charge is 0.311 e. The van der Waals surface area contributed by atoms with E-state index in [1.165, 1.54) is 17.9 Å². The van der Waals surface area contributed by atoms with Crippen molar-refractivity contribution in [2.45, 2.75) is 6.92 Å². The summed E-state index contributed by atoms with van der Waals surface area (Å²) in [7, 11) is 0. The number of nitrogens with one attached hydrogen (secondary N) is 1. The Morgan fingerprint density at radius 3 is 3.00 bits per heavy atom. The molecule has 2 heterocycles. The van der Waals surface area contributed by atoms with Gasteiger partial charge in [-0.1, -0.05) is 17.3 Å². The molecule has 7 nitrogen and oxygen atoms in total. The number of carbonyl (C=O) groups is 1. The topological polar surface area (TPSA) is 93.5 Å². The molecule has 94 valence electrons. The predicted molar refractivity (Wildman–Crippen MR) is 67.3 cm³/mol. The van der Waals surface area contributed by atoms with Gasteiger partial charge >= 0.3 is 0 Å². The van der Waals surface area contributed by atoms with Gasteiger partial charge in [-0.15, -0.1) is 5.10 Å². The van der Waals surface area contributed by atoms with Crippen molar-refractivity contribution in [1.29, 1.82) is 0 Å². The molecule has 0 aliphatic rings. The molecule has 0 saturated heterocycles. The van der Waals surface area contributed by atoms with Gasteiger partial charge in [-0.3, -0.25) is 9.59 Å². The summed E-state index contributed by atoms with van der Waals surface area (Å²) in [6.45, 7) is 1.49. The lowest BCUT2D eigenvalue weighted by Crippen LogP contribution is -2.07. The van der Waals surface area contributed by atoms with Crippen LogP contribution in [0.4, 0.5) is 0 Å². The van der Waals surface area contributed by atoms with Crippen LogP contribution in [0.5, 0.6) is 0 Å². The summed E-state index contributed by atoms with van der Waals surface area (Å²) >= 11 is 0. The second-order valence-electron chi connectivity index (χ2n) is 4.01. The molecule has 3 aromatic rings. The molecule has 0 aliphatic carbocycles. The lowest BCUT2D eigenvalue weighted by Gasteiger charge is -2.02. The third-order valence-electron chi connectivity index (χ3n) is 2.74. The fraction of sp³-hybridized carbons (Fsp3) is 0.0833. The van der Waals surface area contributed by atoms with Gasteiger partial charge in [0, 0.05) is 5.56 Å². The van der Waals surface area contributed by atoms with E-state index in [-0.39, 0.29) is 16.9 Å². The van der Waals surface area contributed by atoms with Crippen molar-refractivity contribution >= 4 is 16.9 Å². The molecule has 1 N–H and O–H groups in total. The van der Waals surface area contributed by atoms with Gasteiger partial charge in [0.25, 0.3) is 5.56 Å². The Morgan fingerprint density at radius 1 is 1.37 bits per heavy atom. The number of Topliss-reactive ketones (excluding diaryl/α,β-unsaturated/α-hetero) is 1. The molecule has 0 aliphatic heterocycles. The second kappa shape index (κ2) is 4.13. The van der Waals surface area contributed by atoms with E-state index in [9.17, 15) is 9.59 Å². The highest BCUT2D eigenvalue weighted by Crippen LogP contribution is 2.13. The first-order valence-electron chi connectivity index (χ1n) is 5.57. The molecule has 0 unspecified atom stereocenters. The Hall–Kier alpha value is -2.83. The molecule has 19 heavy (non-hydrogen) atoms. The number of rotatable bonds is 2. The van der Waals surface area contributed by atoms with Crippen LogP contribution in [0.2, 0.25) is 0 Å². The summed E-state index contributed by atoms with van der Waals surface area (Å²) in [4.78, 5) is 29.4. The highest BCUT2D eigenvalue weighted by atomic mass is 16.1. The fourth-order valence-corrected chi connectivity index (χ4v) is 1.79. The van der Waals surface area contributed by atoms with Gasteiger partial charge in [0.15, 0.2) is 16.9 Å². The third kappa shape index (κ3) is 1.81. The SMILES string of the molecule is CC(=O)c1cccc(-n2nnc3c(=O)[nH]cnc32)c1. The summed E-state index contributed by atoms with van der Waals surface area (Å²) in [6.07, 6.45) is 1.29. The van der Waals surface area contributed by atoms with Crippen LogP contribution in [0, 0.1) is 0 Å². The number of benzene rings is 1. The van der Waals surface area contributed by atoms with E-state index in [1.54, 1.807) is 24.3 Å². The molecule has 0 saturated carbocycles. The maximum Gasteiger partial charge on any atom is 0.280 e. The zero-order chi connectivity index (χ0) is 13.4. The lowest BCUT2D eigenvalue weighted by molar-refractivity contribution is 0.101. The lowest BCUT2D eigenvalue weighted by atomic mass is 10.1. The number of hydrogen-bond donors (Lipinski definition) is 1. The van der Waals surface area contributed by atoms with Crippen molar-refractivity contribution in [3.8, 4) is 5.69 Å². The molecule has 2 aromatic heterocycles. The Balaban J connectivity index is 2.25. The predicted octanol–water partition coefficient (Wildman–Crippen LogP) is 0.706. The number of hydrogen-bond acceptors (Lipinski definition) is 5. The smallest absolute Gasteiger partial charge is 0.280 e. The number of H-pyrrole nitrogens is 1. The zero-order valence-electron chi connectivity index (χ0n) is 9.99. The molecule has 0 fully saturated rings. The number of carbonyl (C=O) groups excluding carboxylic acids is 1. The molecular weight excluding hydrogens is 246 g/mol. The van der Waals surface area contributed by atoms with Gasteiger partial charge in [-0.2, -0.15) is 4.68 Å². The van der Waals surface area contributed by atoms with Crippen LogP contribution in [0.1, 0.15) is 17.3 Å². The Kier molecular flexibility index (Phi) is 2.45. The minimum absolute atomic E-state index is 0.0444. The van der Waals surface area contributed by atoms with Crippen molar-refractivity contribution in [3.63, 3.8) is 0 Å². The first kappa shape index (κ1) is 11.3. The number of aromatic amines is 1. The first-order valence-corrected chi connectivity index (χ1v) is 5.57. The van der Waals surface area contributed by atoms with Crippen LogP contribution >= 0.6 is 0 Å². The van der Waals surface area contributed by atoms with Gasteiger partial charge in [-0.05, 0) is 19.1 Å². The molecule has 1 aromatic carbocycles. The van der Waals surface area contributed by atoms with E-state index in [4.69, 9.17) is 0 Å². The summed E-state index contributed by atoms with van der Waals surface area (Å²) in [5, 5.41) is 7.69. The Morgan fingerprint density at radius 2 is 2.21 bits per heavy atom. The summed E-state index contributed by atoms with van der Waals surface area (Å²) in [6, 6.07) is 6.90. The molecule has 0 bridgehead atoms. The normalized spacial score (nSPS) is 10.8. The van der Waals surface area contributed by atoms with Crippen LogP contribution in [-0.4, -0.2) is 30.7 Å². The number of aromatic nitrogens is 5. The van der Waals surface area contributed by atoms with Crippen LogP contribution in [-0.2, 0) is 0 Å². The minimum Gasteiger partial charge on any atom is -0.311 e. The van der Waals surface area contributed by atoms with Crippen molar-refractivity contribution < 1.29 is 4.79 Å². The van der Waals surface area contributed by atoms with Crippen LogP contribution in [0.3, 0.4) is 0 Å². The van der Waals surface area contributed by atoms with E-state index in [2.05, 4.69) is 20.3 Å². The molecule has 0 amide bonds. The van der Waals surface area contributed by atoms with Gasteiger partial charge in [0.05, 0.1) is 12.0 Å². The second-order valence-corrected chi connectivity index (χ2v) is 4.01. The number of ketones is 1. The minimum atomic E-state index is -0.348. The Bertz CT molecular complexity index is 833. The average Bonchev–Trinajstić information content (AvgIpc) is 2.84. The monoisotopic (exact) mass is 255 g/mol. The van der Waals surface area contributed by atoms with E-state index >= 15 is 0 Å². The van der Waals surface area contributed by atoms with E-state index in [1.807, 2.05) is 0 Å². The van der Waals surface area contributed by atoms with E-state index in [0.717, 1.165) is 0 Å². The van der Waals surface area contributed by atoms with Gasteiger partial charge in [0.1, 0.15) is 0 Å². The molecule has 0 spiro atoms. The van der Waals surface area contributed by atoms with Crippen LogP contribution < -0.4 is 5.56 Å². The molecule has 3 rings (SSSR count). The van der Waals surface area contributed by atoms with Gasteiger partial charge in [-0.25, -0.2) is 4.98 Å². The molecule has 0 radical (unpaired) electrons. The van der Waals surface area contributed by atoms with Crippen LogP contribution in [0.15, 0.2) is 35.4 Å². The summed E-state index contributed by atoms with van der Waals surface area (Å²) < 4.78 is 1.43. The van der Waals surface area contributed by atoms with Crippen molar-refractivity contribution in [2.75, 3.05) is 0 Å². The van der Waals surface area contributed by atoms with E-state index in [0.29, 0.717) is 16.9 Å². The Labute approximate surface area is 106 Å². The quantitative estimate of drug-likeness (QED) is 0.680. The number of nitrogens with zero attached hydrogens (tertiary/aromatic N) is 4. The highest BCUT2D eigenvalue weighted by molar-refractivity contribution is 5.94. The number of fused-ring (bicyclic) bond motifs is 1. The zero-order valence-corrected chi connectivity index (χ0v) is 9.99. The highest BCUT2D eigenvalue weighted by Gasteiger charge is 2.11. The van der Waals surface area contributed by atoms with Crippen molar-refractivity contribution in [1.82, 2.24) is 25.0 Å². The standard InChI is InChI=1S/C12H9N5O2/c1-7(18)8-3-2-4-9(5-8)17-11-10(15-16-17)12(19)14-6-13-11/h2-6H,1H3,(H,13,14,19). The van der Waals surface area contributed by atoms with Gasteiger partial charge < -0.3 is 4.98 Å². The van der Waals surface area contributed by atoms with Crippen molar-refractivity contribution in [3.05, 3.63) is 46.5 Å². The maximum absolute atomic E-state index is 11.5. The fourth-order valence-electron chi connectivity index (χ4n) is 1.79. The molecule has 0 atom stereocenters. The average molecular weight is 255 g/mol. The molecule has 7 heteroatoms.